The van der Waals surface area contributed by atoms with Crippen LogP contribution in [-0.2, 0) is 14.9 Å². The summed E-state index contributed by atoms with van der Waals surface area (Å²) in [6, 6.07) is 9.73. The van der Waals surface area contributed by atoms with Gasteiger partial charge in [-0.25, -0.2) is 0 Å². The van der Waals surface area contributed by atoms with E-state index in [9.17, 15) is 4.79 Å². The van der Waals surface area contributed by atoms with Gasteiger partial charge in [0.1, 0.15) is 6.04 Å². The number of methoxy groups -OCH3 is 1. The Morgan fingerprint density at radius 1 is 1.24 bits per heavy atom. The number of carbonyl (C=O) groups is 1. The predicted octanol–water partition coefficient (Wildman–Crippen LogP) is 2.07. The minimum absolute atomic E-state index is 0.205. The van der Waals surface area contributed by atoms with Crippen LogP contribution in [0, 0.1) is 0 Å². The molecule has 0 saturated carbocycles. The molecule has 0 aromatic heterocycles. The lowest BCUT2D eigenvalue weighted by Crippen LogP contribution is -2.50. The monoisotopic (exact) mass is 235 g/mol. The summed E-state index contributed by atoms with van der Waals surface area (Å²) in [5.74, 6) is -0.205. The van der Waals surface area contributed by atoms with Crippen molar-refractivity contribution in [3.05, 3.63) is 35.9 Å². The fourth-order valence-electron chi connectivity index (χ4n) is 2.29. The zero-order valence-corrected chi connectivity index (χ0v) is 11.2. The van der Waals surface area contributed by atoms with Crippen LogP contribution in [0.2, 0.25) is 0 Å². The van der Waals surface area contributed by atoms with E-state index in [0.29, 0.717) is 0 Å². The van der Waals surface area contributed by atoms with Gasteiger partial charge in [-0.2, -0.15) is 0 Å². The maximum atomic E-state index is 11.9. The fraction of sp³-hybridized carbons (Fsp3) is 0.500. The molecule has 1 atom stereocenters. The van der Waals surface area contributed by atoms with Crippen LogP contribution in [0.15, 0.2) is 30.3 Å². The summed E-state index contributed by atoms with van der Waals surface area (Å²) in [6.45, 7) is 4.12. The molecule has 0 saturated heterocycles. The zero-order chi connectivity index (χ0) is 13.1. The lowest BCUT2D eigenvalue weighted by molar-refractivity contribution is -0.148. The standard InChI is InChI=1S/C14H21NO2/c1-14(2,11-9-7-6-8-10-11)12(15(3)4)13(16)17-5/h6-10,12H,1-5H3/t12-/m1/s1. The molecule has 1 aromatic rings. The van der Waals surface area contributed by atoms with Crippen LogP contribution in [-0.4, -0.2) is 38.1 Å². The molecular weight excluding hydrogens is 214 g/mol. The van der Waals surface area contributed by atoms with Gasteiger partial charge in [0.2, 0.25) is 0 Å². The summed E-state index contributed by atoms with van der Waals surface area (Å²) >= 11 is 0. The van der Waals surface area contributed by atoms with E-state index in [-0.39, 0.29) is 17.4 Å². The van der Waals surface area contributed by atoms with E-state index in [1.54, 1.807) is 0 Å². The molecule has 0 heterocycles. The number of nitrogens with zero attached hydrogens (tertiary/aromatic N) is 1. The van der Waals surface area contributed by atoms with Crippen LogP contribution in [0.1, 0.15) is 19.4 Å². The maximum absolute atomic E-state index is 11.9. The summed E-state index contributed by atoms with van der Waals surface area (Å²) in [6.07, 6.45) is 0. The molecule has 17 heavy (non-hydrogen) atoms. The average molecular weight is 235 g/mol. The van der Waals surface area contributed by atoms with Gasteiger partial charge in [0.25, 0.3) is 0 Å². The predicted molar refractivity (Wildman–Crippen MR) is 69.0 cm³/mol. The Labute approximate surface area is 103 Å². The lowest BCUT2D eigenvalue weighted by Gasteiger charge is -2.37. The molecular formula is C14H21NO2. The lowest BCUT2D eigenvalue weighted by atomic mass is 9.77. The minimum atomic E-state index is -0.296. The summed E-state index contributed by atoms with van der Waals surface area (Å²) in [7, 11) is 5.22. The molecule has 94 valence electrons. The molecule has 0 radical (unpaired) electrons. The van der Waals surface area contributed by atoms with Crippen molar-refractivity contribution < 1.29 is 9.53 Å². The van der Waals surface area contributed by atoms with Crippen LogP contribution >= 0.6 is 0 Å². The van der Waals surface area contributed by atoms with Gasteiger partial charge in [-0.1, -0.05) is 44.2 Å². The van der Waals surface area contributed by atoms with Crippen molar-refractivity contribution in [2.45, 2.75) is 25.3 Å². The smallest absolute Gasteiger partial charge is 0.323 e. The number of benzene rings is 1. The summed E-state index contributed by atoms with van der Waals surface area (Å²) in [5, 5.41) is 0. The molecule has 0 bridgehead atoms. The molecule has 0 aliphatic carbocycles. The summed E-state index contributed by atoms with van der Waals surface area (Å²) in [5.41, 5.74) is 0.835. The van der Waals surface area contributed by atoms with Crippen LogP contribution in [0.5, 0.6) is 0 Å². The minimum Gasteiger partial charge on any atom is -0.468 e. The van der Waals surface area contributed by atoms with Crippen molar-refractivity contribution in [1.82, 2.24) is 4.90 Å². The Balaban J connectivity index is 3.13. The van der Waals surface area contributed by atoms with Crippen molar-refractivity contribution in [3.8, 4) is 0 Å². The molecule has 0 fully saturated rings. The largest absolute Gasteiger partial charge is 0.468 e. The molecule has 0 unspecified atom stereocenters. The summed E-state index contributed by atoms with van der Waals surface area (Å²) in [4.78, 5) is 13.8. The SMILES string of the molecule is COC(=O)[C@@H](N(C)C)C(C)(C)c1ccccc1. The molecule has 0 aliphatic heterocycles. The highest BCUT2D eigenvalue weighted by Crippen LogP contribution is 2.30. The molecule has 3 heteroatoms. The van der Waals surface area contributed by atoms with E-state index >= 15 is 0 Å². The highest BCUT2D eigenvalue weighted by molar-refractivity contribution is 5.78. The van der Waals surface area contributed by atoms with Crippen molar-refractivity contribution in [3.63, 3.8) is 0 Å². The quantitative estimate of drug-likeness (QED) is 0.748. The van der Waals surface area contributed by atoms with E-state index in [2.05, 4.69) is 13.8 Å². The number of likely N-dealkylation sites (N-methyl/N-ethyl adjacent to an activating group) is 1. The number of rotatable bonds is 4. The van der Waals surface area contributed by atoms with E-state index in [1.807, 2.05) is 49.3 Å². The van der Waals surface area contributed by atoms with Gasteiger partial charge in [-0.05, 0) is 19.7 Å². The molecule has 1 rings (SSSR count). The van der Waals surface area contributed by atoms with Gasteiger partial charge in [-0.15, -0.1) is 0 Å². The van der Waals surface area contributed by atoms with Crippen molar-refractivity contribution in [1.29, 1.82) is 0 Å². The Morgan fingerprint density at radius 3 is 2.18 bits per heavy atom. The van der Waals surface area contributed by atoms with E-state index in [0.717, 1.165) is 5.56 Å². The number of carbonyl (C=O) groups excluding carboxylic acids is 1. The van der Waals surface area contributed by atoms with Crippen LogP contribution in [0.3, 0.4) is 0 Å². The second kappa shape index (κ2) is 5.32. The second-order valence-electron chi connectivity index (χ2n) is 4.98. The first kappa shape index (κ1) is 13.7. The maximum Gasteiger partial charge on any atom is 0.323 e. The molecule has 0 amide bonds. The van der Waals surface area contributed by atoms with Gasteiger partial charge in [-0.3, -0.25) is 9.69 Å². The molecule has 0 N–H and O–H groups in total. The highest BCUT2D eigenvalue weighted by atomic mass is 16.5. The van der Waals surface area contributed by atoms with Gasteiger partial charge in [0, 0.05) is 5.41 Å². The fourth-order valence-corrected chi connectivity index (χ4v) is 2.29. The van der Waals surface area contributed by atoms with Crippen LogP contribution in [0.25, 0.3) is 0 Å². The van der Waals surface area contributed by atoms with Gasteiger partial charge < -0.3 is 4.74 Å². The van der Waals surface area contributed by atoms with E-state index in [1.165, 1.54) is 7.11 Å². The summed E-state index contributed by atoms with van der Waals surface area (Å²) < 4.78 is 4.90. The topological polar surface area (TPSA) is 29.5 Å². The van der Waals surface area contributed by atoms with Crippen LogP contribution < -0.4 is 0 Å². The molecule has 0 aliphatic rings. The third-order valence-corrected chi connectivity index (χ3v) is 3.14. The number of esters is 1. The second-order valence-corrected chi connectivity index (χ2v) is 4.98. The number of hydrogen-bond acceptors (Lipinski definition) is 3. The van der Waals surface area contributed by atoms with E-state index < -0.39 is 0 Å². The Hall–Kier alpha value is -1.35. The van der Waals surface area contributed by atoms with Gasteiger partial charge in [0.15, 0.2) is 0 Å². The van der Waals surface area contributed by atoms with Crippen LogP contribution in [0.4, 0.5) is 0 Å². The molecule has 3 nitrogen and oxygen atoms in total. The first-order valence-electron chi connectivity index (χ1n) is 5.71. The van der Waals surface area contributed by atoms with Crippen molar-refractivity contribution in [2.24, 2.45) is 0 Å². The van der Waals surface area contributed by atoms with Crippen molar-refractivity contribution in [2.75, 3.05) is 21.2 Å². The van der Waals surface area contributed by atoms with Gasteiger partial charge in [0.05, 0.1) is 7.11 Å². The third-order valence-electron chi connectivity index (χ3n) is 3.14. The number of hydrogen-bond donors (Lipinski definition) is 0. The number of ether oxygens (including phenoxy) is 1. The first-order chi connectivity index (χ1) is 7.91. The third kappa shape index (κ3) is 2.86. The van der Waals surface area contributed by atoms with Crippen molar-refractivity contribution >= 4 is 5.97 Å². The zero-order valence-electron chi connectivity index (χ0n) is 11.2. The first-order valence-corrected chi connectivity index (χ1v) is 5.71. The molecule has 1 aromatic carbocycles. The normalized spacial score (nSPS) is 13.5. The Morgan fingerprint density at radius 2 is 1.76 bits per heavy atom. The highest BCUT2D eigenvalue weighted by Gasteiger charge is 2.38. The Bertz CT molecular complexity index is 371. The molecule has 0 spiro atoms. The average Bonchev–Trinajstić information content (AvgIpc) is 2.29. The Kier molecular flexibility index (Phi) is 4.29. The van der Waals surface area contributed by atoms with Gasteiger partial charge >= 0.3 is 5.97 Å². The van der Waals surface area contributed by atoms with E-state index in [4.69, 9.17) is 4.74 Å².